The monoisotopic (exact) mass is 324 g/mol. The van der Waals surface area contributed by atoms with Crippen molar-refractivity contribution in [3.05, 3.63) is 40.6 Å². The molecule has 0 bridgehead atoms. The molecule has 21 heavy (non-hydrogen) atoms. The van der Waals surface area contributed by atoms with Crippen LogP contribution >= 0.6 is 24.0 Å². The number of thioether (sulfide) groups is 1. The van der Waals surface area contributed by atoms with E-state index >= 15 is 0 Å². The molecule has 0 N–H and O–H groups in total. The van der Waals surface area contributed by atoms with E-state index in [0.29, 0.717) is 21.2 Å². The van der Waals surface area contributed by atoms with Crippen molar-refractivity contribution in [2.45, 2.75) is 12.8 Å². The number of carbonyl (C=O) groups is 2. The van der Waals surface area contributed by atoms with Gasteiger partial charge in [-0.3, -0.25) is 9.69 Å². The third-order valence-electron chi connectivity index (χ3n) is 2.80. The minimum atomic E-state index is -1.15. The average molecular weight is 324 g/mol. The van der Waals surface area contributed by atoms with E-state index in [1.54, 1.807) is 18.2 Å². The highest BCUT2D eigenvalue weighted by atomic mass is 32.2. The SMILES string of the molecule is O=C([O-])CCCN1C(=O)C(=Cc2ccc(F)cc2)SC1=S. The molecule has 110 valence electrons. The Morgan fingerprint density at radius 3 is 2.67 bits per heavy atom. The second kappa shape index (κ2) is 6.82. The lowest BCUT2D eigenvalue weighted by Gasteiger charge is -2.14. The van der Waals surface area contributed by atoms with Crippen LogP contribution in [0.25, 0.3) is 6.08 Å². The third kappa shape index (κ3) is 4.12. The first-order chi connectivity index (χ1) is 9.97. The molecular weight excluding hydrogens is 313 g/mol. The van der Waals surface area contributed by atoms with Gasteiger partial charge in [0.05, 0.1) is 4.91 Å². The zero-order valence-electron chi connectivity index (χ0n) is 10.9. The third-order valence-corrected chi connectivity index (χ3v) is 4.18. The summed E-state index contributed by atoms with van der Waals surface area (Å²) >= 11 is 6.27. The van der Waals surface area contributed by atoms with Crippen molar-refractivity contribution in [1.29, 1.82) is 0 Å². The van der Waals surface area contributed by atoms with Crippen molar-refractivity contribution in [2.75, 3.05) is 6.54 Å². The molecule has 0 atom stereocenters. The van der Waals surface area contributed by atoms with E-state index in [0.717, 1.165) is 11.8 Å². The number of carboxylic acid groups (broad SMARTS) is 1. The highest BCUT2D eigenvalue weighted by molar-refractivity contribution is 8.26. The number of rotatable bonds is 5. The Morgan fingerprint density at radius 1 is 1.38 bits per heavy atom. The van der Waals surface area contributed by atoms with Gasteiger partial charge in [-0.05, 0) is 36.6 Å². The van der Waals surface area contributed by atoms with Crippen LogP contribution in [0.1, 0.15) is 18.4 Å². The summed E-state index contributed by atoms with van der Waals surface area (Å²) in [5.41, 5.74) is 0.701. The molecule has 0 radical (unpaired) electrons. The van der Waals surface area contributed by atoms with Gasteiger partial charge in [0.25, 0.3) is 5.91 Å². The van der Waals surface area contributed by atoms with Crippen molar-refractivity contribution >= 4 is 46.3 Å². The summed E-state index contributed by atoms with van der Waals surface area (Å²) in [6, 6.07) is 5.76. The highest BCUT2D eigenvalue weighted by Gasteiger charge is 2.31. The van der Waals surface area contributed by atoms with Crippen molar-refractivity contribution in [2.24, 2.45) is 0 Å². The highest BCUT2D eigenvalue weighted by Crippen LogP contribution is 2.32. The number of nitrogens with zero attached hydrogens (tertiary/aromatic N) is 1. The molecule has 0 saturated carbocycles. The Morgan fingerprint density at radius 2 is 2.05 bits per heavy atom. The van der Waals surface area contributed by atoms with Gasteiger partial charge < -0.3 is 9.90 Å². The number of amides is 1. The summed E-state index contributed by atoms with van der Waals surface area (Å²) in [5.74, 6) is -1.75. The largest absolute Gasteiger partial charge is 0.550 e. The number of halogens is 1. The molecule has 7 heteroatoms. The van der Waals surface area contributed by atoms with Crippen LogP contribution in [0.5, 0.6) is 0 Å². The van der Waals surface area contributed by atoms with Gasteiger partial charge in [-0.15, -0.1) is 0 Å². The summed E-state index contributed by atoms with van der Waals surface area (Å²) < 4.78 is 13.2. The summed E-state index contributed by atoms with van der Waals surface area (Å²) in [6.45, 7) is 0.249. The number of hydrogen-bond acceptors (Lipinski definition) is 5. The molecule has 1 amide bonds. The molecule has 0 aliphatic carbocycles. The fraction of sp³-hybridized carbons (Fsp3) is 0.214. The number of carboxylic acids is 1. The van der Waals surface area contributed by atoms with E-state index in [1.807, 2.05) is 0 Å². The molecule has 4 nitrogen and oxygen atoms in total. The average Bonchev–Trinajstić information content (AvgIpc) is 2.68. The molecule has 1 heterocycles. The van der Waals surface area contributed by atoms with Gasteiger partial charge in [0, 0.05) is 12.5 Å². The second-order valence-corrected chi connectivity index (χ2v) is 6.04. The van der Waals surface area contributed by atoms with Crippen LogP contribution in [0.2, 0.25) is 0 Å². The van der Waals surface area contributed by atoms with Gasteiger partial charge in [0.1, 0.15) is 10.1 Å². The van der Waals surface area contributed by atoms with Crippen LogP contribution in [0.4, 0.5) is 4.39 Å². The topological polar surface area (TPSA) is 60.4 Å². The molecule has 0 unspecified atom stereocenters. The Kier molecular flexibility index (Phi) is 5.08. The van der Waals surface area contributed by atoms with Gasteiger partial charge in [-0.25, -0.2) is 4.39 Å². The van der Waals surface area contributed by atoms with Crippen molar-refractivity contribution in [3.63, 3.8) is 0 Å². The first-order valence-corrected chi connectivity index (χ1v) is 7.40. The molecule has 0 aromatic heterocycles. The predicted octanol–water partition coefficient (Wildman–Crippen LogP) is 1.56. The van der Waals surface area contributed by atoms with Crippen LogP contribution in [0, 0.1) is 5.82 Å². The van der Waals surface area contributed by atoms with E-state index in [1.165, 1.54) is 17.0 Å². The van der Waals surface area contributed by atoms with Crippen LogP contribution in [-0.4, -0.2) is 27.6 Å². The maximum Gasteiger partial charge on any atom is 0.266 e. The minimum absolute atomic E-state index is 0.117. The molecule has 0 spiro atoms. The number of hydrogen-bond donors (Lipinski definition) is 0. The lowest BCUT2D eigenvalue weighted by atomic mass is 10.2. The van der Waals surface area contributed by atoms with E-state index in [9.17, 15) is 19.1 Å². The Labute approximate surface area is 130 Å². The Hall–Kier alpha value is -1.73. The van der Waals surface area contributed by atoms with E-state index in [4.69, 9.17) is 12.2 Å². The first-order valence-electron chi connectivity index (χ1n) is 6.18. The zero-order chi connectivity index (χ0) is 15.4. The summed E-state index contributed by atoms with van der Waals surface area (Å²) in [6.07, 6.45) is 1.81. The quantitative estimate of drug-likeness (QED) is 0.608. The van der Waals surface area contributed by atoms with Crippen LogP contribution in [0.3, 0.4) is 0 Å². The minimum Gasteiger partial charge on any atom is -0.550 e. The first kappa shape index (κ1) is 15.7. The predicted molar refractivity (Wildman–Crippen MR) is 80.5 cm³/mol. The molecular formula is C14H11FNO3S2-. The van der Waals surface area contributed by atoms with E-state index < -0.39 is 5.97 Å². The van der Waals surface area contributed by atoms with Crippen LogP contribution < -0.4 is 5.11 Å². The van der Waals surface area contributed by atoms with Gasteiger partial charge in [0.15, 0.2) is 0 Å². The zero-order valence-corrected chi connectivity index (χ0v) is 12.5. The molecule has 1 aliphatic heterocycles. The maximum atomic E-state index is 12.8. The van der Waals surface area contributed by atoms with Gasteiger partial charge in [-0.1, -0.05) is 36.1 Å². The summed E-state index contributed by atoms with van der Waals surface area (Å²) in [7, 11) is 0. The van der Waals surface area contributed by atoms with Crippen molar-refractivity contribution in [3.8, 4) is 0 Å². The molecule has 1 saturated heterocycles. The van der Waals surface area contributed by atoms with Crippen LogP contribution in [0.15, 0.2) is 29.2 Å². The smallest absolute Gasteiger partial charge is 0.266 e. The number of thiocarbonyl (C=S) groups is 1. The van der Waals surface area contributed by atoms with Crippen LogP contribution in [-0.2, 0) is 9.59 Å². The van der Waals surface area contributed by atoms with E-state index in [-0.39, 0.29) is 24.7 Å². The van der Waals surface area contributed by atoms with Gasteiger partial charge in [-0.2, -0.15) is 0 Å². The van der Waals surface area contributed by atoms with E-state index in [2.05, 4.69) is 0 Å². The summed E-state index contributed by atoms with van der Waals surface area (Å²) in [5, 5.41) is 10.4. The second-order valence-electron chi connectivity index (χ2n) is 4.36. The molecule has 1 aliphatic rings. The van der Waals surface area contributed by atoms with Crippen molar-refractivity contribution in [1.82, 2.24) is 4.90 Å². The summed E-state index contributed by atoms with van der Waals surface area (Å²) in [4.78, 5) is 24.4. The maximum absolute atomic E-state index is 12.8. The molecule has 1 fully saturated rings. The van der Waals surface area contributed by atoms with Crippen molar-refractivity contribution < 1.29 is 19.1 Å². The number of carbonyl (C=O) groups excluding carboxylic acids is 2. The number of aliphatic carboxylic acids is 1. The fourth-order valence-corrected chi connectivity index (χ4v) is 3.09. The Balaban J connectivity index is 2.06. The standard InChI is InChI=1S/C14H12FNO3S2/c15-10-5-3-9(4-6-10)8-11-13(19)16(14(20)21-11)7-1-2-12(17)18/h3-6,8H,1-2,7H2,(H,17,18)/p-1. The van der Waals surface area contributed by atoms with Gasteiger partial charge in [0.2, 0.25) is 0 Å². The number of benzene rings is 1. The van der Waals surface area contributed by atoms with Gasteiger partial charge >= 0.3 is 0 Å². The Bertz CT molecular complexity index is 613. The molecule has 1 aromatic carbocycles. The fourth-order valence-electron chi connectivity index (χ4n) is 1.78. The lowest BCUT2D eigenvalue weighted by molar-refractivity contribution is -0.305. The molecule has 1 aromatic rings. The lowest BCUT2D eigenvalue weighted by Crippen LogP contribution is -2.30. The molecule has 2 rings (SSSR count). The normalized spacial score (nSPS) is 16.8.